The number of carboxylic acids is 1. The van der Waals surface area contributed by atoms with Crippen molar-refractivity contribution in [2.24, 2.45) is 0 Å². The fourth-order valence-corrected chi connectivity index (χ4v) is 1.53. The van der Waals surface area contributed by atoms with Crippen LogP contribution in [-0.4, -0.2) is 28.8 Å². The van der Waals surface area contributed by atoms with Gasteiger partial charge < -0.3 is 19.9 Å². The molecule has 1 atom stereocenters. The summed E-state index contributed by atoms with van der Waals surface area (Å²) in [6.45, 7) is 4.72. The van der Waals surface area contributed by atoms with Crippen LogP contribution in [-0.2, 0) is 6.54 Å². The molecule has 0 spiro atoms. The minimum absolute atomic E-state index is 0.204. The number of aliphatic hydroxyl groups excluding tert-OH is 1. The molecule has 0 saturated carbocycles. The average Bonchev–Trinajstić information content (AvgIpc) is 2.65. The zero-order valence-electron chi connectivity index (χ0n) is 10.2. The molecule has 0 saturated heterocycles. The van der Waals surface area contributed by atoms with Crippen molar-refractivity contribution in [1.82, 2.24) is 5.32 Å². The van der Waals surface area contributed by atoms with Crippen molar-refractivity contribution in [3.8, 4) is 0 Å². The molecule has 5 nitrogen and oxygen atoms in total. The first kappa shape index (κ1) is 13.7. The average molecular weight is 241 g/mol. The molecule has 1 unspecified atom stereocenters. The molecule has 0 radical (unpaired) electrons. The van der Waals surface area contributed by atoms with Gasteiger partial charge in [-0.15, -0.1) is 0 Å². The molecule has 3 N–H and O–H groups in total. The molecule has 5 heteroatoms. The van der Waals surface area contributed by atoms with Crippen LogP contribution < -0.4 is 5.32 Å². The van der Waals surface area contributed by atoms with E-state index in [1.165, 1.54) is 6.07 Å². The predicted molar refractivity (Wildman–Crippen MR) is 63.0 cm³/mol. The van der Waals surface area contributed by atoms with Gasteiger partial charge in [0.15, 0.2) is 0 Å². The van der Waals surface area contributed by atoms with Crippen LogP contribution in [0.4, 0.5) is 0 Å². The first-order chi connectivity index (χ1) is 8.04. The minimum Gasteiger partial charge on any atom is -0.478 e. The van der Waals surface area contributed by atoms with E-state index in [1.807, 2.05) is 6.92 Å². The Labute approximate surface area is 100 Å². The van der Waals surface area contributed by atoms with Crippen LogP contribution >= 0.6 is 0 Å². The largest absolute Gasteiger partial charge is 0.478 e. The summed E-state index contributed by atoms with van der Waals surface area (Å²) in [6.07, 6.45) is 1.14. The highest BCUT2D eigenvalue weighted by molar-refractivity contribution is 5.88. The first-order valence-electron chi connectivity index (χ1n) is 5.76. The van der Waals surface area contributed by atoms with Gasteiger partial charge in [-0.2, -0.15) is 0 Å². The van der Waals surface area contributed by atoms with E-state index in [0.717, 1.165) is 6.42 Å². The van der Waals surface area contributed by atoms with Gasteiger partial charge in [0, 0.05) is 0 Å². The number of nitrogens with one attached hydrogen (secondary N) is 1. The van der Waals surface area contributed by atoms with Crippen molar-refractivity contribution in [1.29, 1.82) is 0 Å². The lowest BCUT2D eigenvalue weighted by Gasteiger charge is -2.07. The summed E-state index contributed by atoms with van der Waals surface area (Å²) in [5.41, 5.74) is 0.204. The molecule has 96 valence electrons. The number of carboxylic acid groups (broad SMARTS) is 1. The molecule has 0 aliphatic heterocycles. The van der Waals surface area contributed by atoms with Gasteiger partial charge >= 0.3 is 5.97 Å². The molecule has 0 fully saturated rings. The van der Waals surface area contributed by atoms with E-state index in [4.69, 9.17) is 9.52 Å². The quantitative estimate of drug-likeness (QED) is 0.631. The lowest BCUT2D eigenvalue weighted by Crippen LogP contribution is -2.19. The Kier molecular flexibility index (Phi) is 5.18. The van der Waals surface area contributed by atoms with E-state index < -0.39 is 5.97 Å². The van der Waals surface area contributed by atoms with Crippen molar-refractivity contribution < 1.29 is 19.4 Å². The Hall–Kier alpha value is -1.33. The third-order valence-corrected chi connectivity index (χ3v) is 2.62. The Morgan fingerprint density at radius 2 is 2.29 bits per heavy atom. The number of aryl methyl sites for hydroxylation is 1. The van der Waals surface area contributed by atoms with E-state index in [2.05, 4.69) is 5.32 Å². The highest BCUT2D eigenvalue weighted by Gasteiger charge is 2.13. The normalized spacial score (nSPS) is 12.6. The second-order valence-electron chi connectivity index (χ2n) is 4.02. The molecule has 17 heavy (non-hydrogen) atoms. The number of hydrogen-bond donors (Lipinski definition) is 3. The van der Waals surface area contributed by atoms with Crippen molar-refractivity contribution in [2.45, 2.75) is 39.3 Å². The summed E-state index contributed by atoms with van der Waals surface area (Å²) in [7, 11) is 0. The fraction of sp³-hybridized carbons (Fsp3) is 0.583. The summed E-state index contributed by atoms with van der Waals surface area (Å²) in [6, 6.07) is 1.53. The smallest absolute Gasteiger partial charge is 0.339 e. The topological polar surface area (TPSA) is 82.7 Å². The van der Waals surface area contributed by atoms with Crippen LogP contribution in [0.25, 0.3) is 0 Å². The summed E-state index contributed by atoms with van der Waals surface area (Å²) in [5, 5.41) is 21.3. The maximum absolute atomic E-state index is 10.8. The number of carbonyl (C=O) groups is 1. The van der Waals surface area contributed by atoms with Gasteiger partial charge in [0.2, 0.25) is 0 Å². The number of furan rings is 1. The van der Waals surface area contributed by atoms with Gasteiger partial charge in [0.05, 0.1) is 12.6 Å². The third-order valence-electron chi connectivity index (χ3n) is 2.62. The number of rotatable bonds is 7. The third kappa shape index (κ3) is 4.20. The van der Waals surface area contributed by atoms with Crippen molar-refractivity contribution in [2.75, 3.05) is 6.54 Å². The van der Waals surface area contributed by atoms with Gasteiger partial charge in [-0.3, -0.25) is 0 Å². The van der Waals surface area contributed by atoms with Crippen LogP contribution in [0.2, 0.25) is 0 Å². The van der Waals surface area contributed by atoms with Crippen LogP contribution in [0.1, 0.15) is 41.6 Å². The number of hydrogen-bond acceptors (Lipinski definition) is 4. The van der Waals surface area contributed by atoms with E-state index in [-0.39, 0.29) is 11.7 Å². The minimum atomic E-state index is -0.973. The maximum Gasteiger partial charge on any atom is 0.339 e. The van der Waals surface area contributed by atoms with E-state index in [9.17, 15) is 9.90 Å². The lowest BCUT2D eigenvalue weighted by molar-refractivity contribution is 0.0695. The Morgan fingerprint density at radius 1 is 1.59 bits per heavy atom. The molecule has 0 aliphatic carbocycles. The first-order valence-corrected chi connectivity index (χ1v) is 5.76. The molecule has 0 aromatic carbocycles. The zero-order chi connectivity index (χ0) is 12.8. The predicted octanol–water partition coefficient (Wildman–Crippen LogP) is 1.54. The summed E-state index contributed by atoms with van der Waals surface area (Å²) in [5.74, 6) is 0.0488. The van der Waals surface area contributed by atoms with Crippen molar-refractivity contribution in [3.05, 3.63) is 23.2 Å². The zero-order valence-corrected chi connectivity index (χ0v) is 10.2. The summed E-state index contributed by atoms with van der Waals surface area (Å²) in [4.78, 5) is 10.8. The molecule has 1 aromatic heterocycles. The van der Waals surface area contributed by atoms with Crippen LogP contribution in [0.5, 0.6) is 0 Å². The van der Waals surface area contributed by atoms with E-state index in [0.29, 0.717) is 31.0 Å². The molecule has 0 amide bonds. The molecule has 0 aliphatic rings. The molecular formula is C12H19NO4. The molecule has 1 heterocycles. The SMILES string of the molecule is CCC(O)CCNCc1cc(C(=O)O)c(C)o1. The van der Waals surface area contributed by atoms with Crippen molar-refractivity contribution in [3.63, 3.8) is 0 Å². The summed E-state index contributed by atoms with van der Waals surface area (Å²) >= 11 is 0. The van der Waals surface area contributed by atoms with E-state index >= 15 is 0 Å². The van der Waals surface area contributed by atoms with Gasteiger partial charge in [-0.1, -0.05) is 6.92 Å². The van der Waals surface area contributed by atoms with E-state index in [1.54, 1.807) is 6.92 Å². The van der Waals surface area contributed by atoms with Gasteiger partial charge in [0.1, 0.15) is 17.1 Å². The molecule has 1 rings (SSSR count). The molecule has 0 bridgehead atoms. The van der Waals surface area contributed by atoms with Crippen LogP contribution in [0.3, 0.4) is 0 Å². The van der Waals surface area contributed by atoms with Gasteiger partial charge in [-0.25, -0.2) is 4.79 Å². The summed E-state index contributed by atoms with van der Waals surface area (Å²) < 4.78 is 5.30. The highest BCUT2D eigenvalue weighted by Crippen LogP contribution is 2.14. The molecular weight excluding hydrogens is 222 g/mol. The Balaban J connectivity index is 2.37. The number of aromatic carboxylic acids is 1. The van der Waals surface area contributed by atoms with Gasteiger partial charge in [-0.05, 0) is 32.4 Å². The van der Waals surface area contributed by atoms with Gasteiger partial charge in [0.25, 0.3) is 0 Å². The Morgan fingerprint density at radius 3 is 2.82 bits per heavy atom. The van der Waals surface area contributed by atoms with Crippen molar-refractivity contribution >= 4 is 5.97 Å². The van der Waals surface area contributed by atoms with Crippen LogP contribution in [0, 0.1) is 6.92 Å². The lowest BCUT2D eigenvalue weighted by atomic mass is 10.2. The Bertz CT molecular complexity index is 373. The number of aliphatic hydroxyl groups is 1. The fourth-order valence-electron chi connectivity index (χ4n) is 1.53. The van der Waals surface area contributed by atoms with Crippen LogP contribution in [0.15, 0.2) is 10.5 Å². The monoisotopic (exact) mass is 241 g/mol. The standard InChI is InChI=1S/C12H19NO4/c1-3-9(14)4-5-13-7-10-6-11(12(15)16)8(2)17-10/h6,9,13-14H,3-5,7H2,1-2H3,(H,15,16). The molecule has 1 aromatic rings. The second-order valence-corrected chi connectivity index (χ2v) is 4.02. The second kappa shape index (κ2) is 6.42. The highest BCUT2D eigenvalue weighted by atomic mass is 16.4. The maximum atomic E-state index is 10.8.